The van der Waals surface area contributed by atoms with E-state index < -0.39 is 0 Å². The Bertz CT molecular complexity index is 396. The van der Waals surface area contributed by atoms with E-state index in [1.54, 1.807) is 12.1 Å². The van der Waals surface area contributed by atoms with Crippen LogP contribution in [-0.2, 0) is 0 Å². The summed E-state index contributed by atoms with van der Waals surface area (Å²) in [5.74, 6) is 0.259. The number of nitrogens with one attached hydrogen (secondary N) is 1. The van der Waals surface area contributed by atoms with E-state index in [0.717, 1.165) is 25.1 Å². The topological polar surface area (TPSA) is 70.6 Å². The summed E-state index contributed by atoms with van der Waals surface area (Å²) < 4.78 is 0. The molecule has 0 aliphatic carbocycles. The van der Waals surface area contributed by atoms with E-state index in [0.29, 0.717) is 16.5 Å². The van der Waals surface area contributed by atoms with Gasteiger partial charge in [0.1, 0.15) is 5.84 Å². The Labute approximate surface area is 110 Å². The second-order valence-electron chi connectivity index (χ2n) is 3.60. The molecule has 1 aromatic carbocycles. The highest BCUT2D eigenvalue weighted by Gasteiger charge is 2.00. The van der Waals surface area contributed by atoms with Gasteiger partial charge >= 0.3 is 0 Å². The Morgan fingerprint density at radius 3 is 2.76 bits per heavy atom. The van der Waals surface area contributed by atoms with Gasteiger partial charge in [0.05, 0.1) is 10.7 Å². The van der Waals surface area contributed by atoms with Crippen molar-refractivity contribution in [2.45, 2.75) is 19.3 Å². The number of halogens is 2. The molecule has 0 fully saturated rings. The highest BCUT2D eigenvalue weighted by Crippen LogP contribution is 2.25. The van der Waals surface area contributed by atoms with Crippen LogP contribution in [0.2, 0.25) is 10.0 Å². The first-order valence-corrected chi connectivity index (χ1v) is 6.04. The minimum absolute atomic E-state index is 0.259. The molecule has 1 rings (SSSR count). The van der Waals surface area contributed by atoms with Gasteiger partial charge in [-0.2, -0.15) is 0 Å². The molecule has 0 radical (unpaired) electrons. The first-order chi connectivity index (χ1) is 8.13. The fraction of sp³-hybridized carbons (Fsp3) is 0.364. The minimum Gasteiger partial charge on any atom is -0.409 e. The first-order valence-electron chi connectivity index (χ1n) is 5.29. The van der Waals surface area contributed by atoms with Gasteiger partial charge in [0.2, 0.25) is 0 Å². The quantitative estimate of drug-likeness (QED) is 0.245. The van der Waals surface area contributed by atoms with Crippen LogP contribution in [0.25, 0.3) is 0 Å². The van der Waals surface area contributed by atoms with Crippen LogP contribution in [0.1, 0.15) is 19.3 Å². The number of amidine groups is 1. The third kappa shape index (κ3) is 5.15. The molecule has 0 amide bonds. The Hall–Kier alpha value is -1.13. The Balaban J connectivity index is 2.27. The van der Waals surface area contributed by atoms with Crippen LogP contribution < -0.4 is 11.1 Å². The summed E-state index contributed by atoms with van der Waals surface area (Å²) in [7, 11) is 0. The average Bonchev–Trinajstić information content (AvgIpc) is 2.30. The predicted octanol–water partition coefficient (Wildman–Crippen LogP) is 3.32. The molecule has 17 heavy (non-hydrogen) atoms. The van der Waals surface area contributed by atoms with E-state index in [2.05, 4.69) is 10.5 Å². The van der Waals surface area contributed by atoms with Crippen molar-refractivity contribution in [1.82, 2.24) is 0 Å². The average molecular weight is 276 g/mol. The lowest BCUT2D eigenvalue weighted by molar-refractivity contribution is 0.316. The number of rotatable bonds is 6. The number of oxime groups is 1. The number of unbranched alkanes of at least 4 members (excludes halogenated alkanes) is 1. The van der Waals surface area contributed by atoms with Gasteiger partial charge in [0.15, 0.2) is 0 Å². The highest BCUT2D eigenvalue weighted by atomic mass is 35.5. The largest absolute Gasteiger partial charge is 0.409 e. The van der Waals surface area contributed by atoms with Crippen molar-refractivity contribution in [1.29, 1.82) is 0 Å². The summed E-state index contributed by atoms with van der Waals surface area (Å²) in [5, 5.41) is 15.7. The van der Waals surface area contributed by atoms with E-state index in [-0.39, 0.29) is 5.84 Å². The molecule has 0 unspecified atom stereocenters. The summed E-state index contributed by atoms with van der Waals surface area (Å²) in [5.41, 5.74) is 6.21. The van der Waals surface area contributed by atoms with Gasteiger partial charge in [-0.1, -0.05) is 28.4 Å². The fourth-order valence-corrected chi connectivity index (χ4v) is 1.81. The highest BCUT2D eigenvalue weighted by molar-refractivity contribution is 6.36. The molecule has 0 aromatic heterocycles. The fourth-order valence-electron chi connectivity index (χ4n) is 1.34. The van der Waals surface area contributed by atoms with E-state index in [9.17, 15) is 0 Å². The van der Waals surface area contributed by atoms with Gasteiger partial charge in [-0.3, -0.25) is 0 Å². The maximum Gasteiger partial charge on any atom is 0.139 e. The van der Waals surface area contributed by atoms with Gasteiger partial charge < -0.3 is 16.3 Å². The lowest BCUT2D eigenvalue weighted by Gasteiger charge is -2.08. The molecule has 94 valence electrons. The molecule has 0 saturated carbocycles. The third-order valence-electron chi connectivity index (χ3n) is 2.23. The van der Waals surface area contributed by atoms with Crippen molar-refractivity contribution >= 4 is 34.7 Å². The van der Waals surface area contributed by atoms with Gasteiger partial charge in [-0.15, -0.1) is 0 Å². The lowest BCUT2D eigenvalue weighted by atomic mass is 10.2. The Kier molecular flexibility index (Phi) is 5.94. The number of hydrogen-bond donors (Lipinski definition) is 3. The molecule has 1 aromatic rings. The standard InChI is InChI=1S/C11H15Cl2N3O/c12-8-4-5-10(9(13)7-8)15-6-2-1-3-11(14)16-17/h4-5,7,15,17H,1-3,6H2,(H2,14,16). The molecule has 0 atom stereocenters. The van der Waals surface area contributed by atoms with Crippen molar-refractivity contribution in [2.75, 3.05) is 11.9 Å². The summed E-state index contributed by atoms with van der Waals surface area (Å²) in [6.45, 7) is 0.778. The molecule has 0 saturated heterocycles. The summed E-state index contributed by atoms with van der Waals surface area (Å²) in [6.07, 6.45) is 2.36. The molecule has 0 aliphatic rings. The molecule has 4 N–H and O–H groups in total. The zero-order chi connectivity index (χ0) is 12.7. The molecule has 0 spiro atoms. The minimum atomic E-state index is 0.259. The number of benzene rings is 1. The van der Waals surface area contributed by atoms with Crippen LogP contribution in [0.15, 0.2) is 23.4 Å². The molecular formula is C11H15Cl2N3O. The third-order valence-corrected chi connectivity index (χ3v) is 2.78. The van der Waals surface area contributed by atoms with E-state index >= 15 is 0 Å². The lowest BCUT2D eigenvalue weighted by Crippen LogP contribution is -2.11. The smallest absolute Gasteiger partial charge is 0.139 e. The van der Waals surface area contributed by atoms with E-state index in [4.69, 9.17) is 34.1 Å². The summed E-state index contributed by atoms with van der Waals surface area (Å²) in [6, 6.07) is 5.32. The van der Waals surface area contributed by atoms with Crippen LogP contribution >= 0.6 is 23.2 Å². The number of nitrogens with two attached hydrogens (primary N) is 1. The van der Waals surface area contributed by atoms with Crippen molar-refractivity contribution < 1.29 is 5.21 Å². The van der Waals surface area contributed by atoms with Crippen LogP contribution in [0.3, 0.4) is 0 Å². The van der Waals surface area contributed by atoms with Crippen LogP contribution in [0, 0.1) is 0 Å². The summed E-state index contributed by atoms with van der Waals surface area (Å²) in [4.78, 5) is 0. The van der Waals surface area contributed by atoms with Crippen LogP contribution in [0.4, 0.5) is 5.69 Å². The molecular weight excluding hydrogens is 261 g/mol. The van der Waals surface area contributed by atoms with Crippen molar-refractivity contribution in [3.63, 3.8) is 0 Å². The SMILES string of the molecule is NC(CCCCNc1ccc(Cl)cc1Cl)=NO. The second kappa shape index (κ2) is 7.25. The maximum absolute atomic E-state index is 8.35. The van der Waals surface area contributed by atoms with E-state index in [1.165, 1.54) is 0 Å². The molecule has 0 bridgehead atoms. The van der Waals surface area contributed by atoms with Gasteiger partial charge in [-0.25, -0.2) is 0 Å². The predicted molar refractivity (Wildman–Crippen MR) is 72.2 cm³/mol. The van der Waals surface area contributed by atoms with Crippen molar-refractivity contribution in [2.24, 2.45) is 10.9 Å². The Morgan fingerprint density at radius 2 is 2.12 bits per heavy atom. The van der Waals surface area contributed by atoms with Crippen LogP contribution in [-0.4, -0.2) is 17.6 Å². The van der Waals surface area contributed by atoms with E-state index in [1.807, 2.05) is 6.07 Å². The van der Waals surface area contributed by atoms with Crippen LogP contribution in [0.5, 0.6) is 0 Å². The zero-order valence-corrected chi connectivity index (χ0v) is 10.8. The molecule has 0 aliphatic heterocycles. The number of hydrogen-bond acceptors (Lipinski definition) is 3. The monoisotopic (exact) mass is 275 g/mol. The van der Waals surface area contributed by atoms with Gasteiger partial charge in [0.25, 0.3) is 0 Å². The molecule has 0 heterocycles. The van der Waals surface area contributed by atoms with Crippen molar-refractivity contribution in [3.05, 3.63) is 28.2 Å². The number of nitrogens with zero attached hydrogens (tertiary/aromatic N) is 1. The van der Waals surface area contributed by atoms with Crippen molar-refractivity contribution in [3.8, 4) is 0 Å². The maximum atomic E-state index is 8.35. The second-order valence-corrected chi connectivity index (χ2v) is 4.44. The summed E-state index contributed by atoms with van der Waals surface area (Å²) >= 11 is 11.8. The molecule has 4 nitrogen and oxygen atoms in total. The normalized spacial score (nSPS) is 11.5. The Morgan fingerprint density at radius 1 is 1.35 bits per heavy atom. The zero-order valence-electron chi connectivity index (χ0n) is 9.29. The first kappa shape index (κ1) is 13.9. The number of anilines is 1. The van der Waals surface area contributed by atoms with Gasteiger partial charge in [0, 0.05) is 18.0 Å². The molecule has 6 heteroatoms. The van der Waals surface area contributed by atoms with Gasteiger partial charge in [-0.05, 0) is 31.0 Å².